The van der Waals surface area contributed by atoms with Crippen LogP contribution < -0.4 is 0 Å². The van der Waals surface area contributed by atoms with Gasteiger partial charge in [-0.15, -0.1) is 11.3 Å². The highest BCUT2D eigenvalue weighted by Gasteiger charge is 2.21. The lowest BCUT2D eigenvalue weighted by molar-refractivity contribution is 1.08. The zero-order valence-corrected chi connectivity index (χ0v) is 28.0. The summed E-state index contributed by atoms with van der Waals surface area (Å²) in [4.78, 5) is 25.2. The van der Waals surface area contributed by atoms with Crippen LogP contribution in [0.3, 0.4) is 0 Å². The molecule has 238 valence electrons. The monoisotopic (exact) mass is 669 g/mol. The minimum Gasteiger partial charge on any atom is -0.252 e. The van der Waals surface area contributed by atoms with Crippen LogP contribution in [0.5, 0.6) is 0 Å². The maximum Gasteiger partial charge on any atom is 0.164 e. The van der Waals surface area contributed by atoms with Gasteiger partial charge in [-0.3, -0.25) is 4.98 Å². The van der Waals surface area contributed by atoms with Crippen molar-refractivity contribution in [2.24, 2.45) is 0 Å². The van der Waals surface area contributed by atoms with E-state index in [1.807, 2.05) is 79.0 Å². The molecule has 0 radical (unpaired) electrons. The Kier molecular flexibility index (Phi) is 6.93. The molecule has 0 bridgehead atoms. The Morgan fingerprint density at radius 2 is 1.00 bits per heavy atom. The molecule has 0 unspecified atom stereocenters. The van der Waals surface area contributed by atoms with Crippen LogP contribution in [0.25, 0.3) is 98.5 Å². The van der Waals surface area contributed by atoms with Gasteiger partial charge in [0, 0.05) is 49.3 Å². The molecular weight excluding hydrogens is 643 g/mol. The summed E-state index contributed by atoms with van der Waals surface area (Å²) in [5.74, 6) is 1.91. The molecule has 5 nitrogen and oxygen atoms in total. The third-order valence-electron chi connectivity index (χ3n) is 9.40. The van der Waals surface area contributed by atoms with E-state index in [4.69, 9.17) is 24.9 Å². The van der Waals surface area contributed by atoms with Crippen molar-refractivity contribution >= 4 is 53.2 Å². The molecule has 0 N–H and O–H groups in total. The molecule has 0 amide bonds. The summed E-state index contributed by atoms with van der Waals surface area (Å²) in [5, 5.41) is 5.68. The summed E-state index contributed by atoms with van der Waals surface area (Å²) < 4.78 is 2.35. The van der Waals surface area contributed by atoms with Crippen molar-refractivity contribution in [1.29, 1.82) is 0 Å². The molecule has 4 heterocycles. The van der Waals surface area contributed by atoms with Crippen molar-refractivity contribution in [1.82, 2.24) is 24.9 Å². The maximum absolute atomic E-state index is 5.15. The van der Waals surface area contributed by atoms with Gasteiger partial charge in [0.15, 0.2) is 17.5 Å². The van der Waals surface area contributed by atoms with Crippen LogP contribution in [0.4, 0.5) is 0 Å². The zero-order chi connectivity index (χ0) is 33.7. The second kappa shape index (κ2) is 12.1. The fourth-order valence-corrected chi connectivity index (χ4v) is 8.20. The molecule has 0 fully saturated rings. The number of benzene rings is 6. The zero-order valence-electron chi connectivity index (χ0n) is 27.2. The van der Waals surface area contributed by atoms with Gasteiger partial charge >= 0.3 is 0 Å². The van der Waals surface area contributed by atoms with Crippen molar-refractivity contribution in [2.45, 2.75) is 0 Å². The molecule has 6 heteroatoms. The molecule has 0 atom stereocenters. The van der Waals surface area contributed by atoms with Crippen molar-refractivity contribution in [2.75, 3.05) is 0 Å². The predicted molar refractivity (Wildman–Crippen MR) is 210 cm³/mol. The maximum atomic E-state index is 5.15. The van der Waals surface area contributed by atoms with E-state index in [-0.39, 0.29) is 0 Å². The van der Waals surface area contributed by atoms with Gasteiger partial charge in [0.2, 0.25) is 0 Å². The van der Waals surface area contributed by atoms with Gasteiger partial charge in [-0.1, -0.05) is 133 Å². The van der Waals surface area contributed by atoms with Crippen LogP contribution in [-0.2, 0) is 0 Å². The third-order valence-corrected chi connectivity index (χ3v) is 10.6. The van der Waals surface area contributed by atoms with E-state index in [0.717, 1.165) is 65.6 Å². The number of pyridine rings is 2. The average Bonchev–Trinajstić information content (AvgIpc) is 3.60. The van der Waals surface area contributed by atoms with Gasteiger partial charge in [-0.25, -0.2) is 19.9 Å². The number of aromatic nitrogens is 5. The molecule has 0 spiro atoms. The summed E-state index contributed by atoms with van der Waals surface area (Å²) in [7, 11) is 0. The van der Waals surface area contributed by atoms with Crippen LogP contribution in [0, 0.1) is 0 Å². The Morgan fingerprint density at radius 3 is 1.75 bits per heavy atom. The molecule has 0 saturated carbocycles. The number of para-hydroxylation sites is 1. The van der Waals surface area contributed by atoms with Gasteiger partial charge in [0.25, 0.3) is 0 Å². The van der Waals surface area contributed by atoms with Crippen molar-refractivity contribution in [3.63, 3.8) is 0 Å². The Balaban J connectivity index is 1.19. The molecule has 6 aromatic carbocycles. The molecule has 0 aliphatic rings. The molecule has 10 rings (SSSR count). The number of thiophene rings is 1. The number of fused-ring (bicyclic) bond motifs is 5. The number of rotatable bonds is 5. The SMILES string of the molecule is c1ccc(-c2nc(-c3ccccc3)nc(-c3ccc(-c4cnc(-c5ccc6ccccc6n5)c5sc6ccccc6c45)c4ccccc34)n2)cc1. The highest BCUT2D eigenvalue weighted by atomic mass is 32.1. The van der Waals surface area contributed by atoms with Crippen LogP contribution >= 0.6 is 11.3 Å². The van der Waals surface area contributed by atoms with Gasteiger partial charge in [-0.05, 0) is 40.6 Å². The fourth-order valence-electron chi connectivity index (χ4n) is 6.97. The Labute approximate surface area is 297 Å². The first kappa shape index (κ1) is 29.3. The lowest BCUT2D eigenvalue weighted by atomic mass is 9.92. The summed E-state index contributed by atoms with van der Waals surface area (Å²) in [6.45, 7) is 0. The van der Waals surface area contributed by atoms with E-state index in [1.165, 1.54) is 15.5 Å². The summed E-state index contributed by atoms with van der Waals surface area (Å²) in [6, 6.07) is 54.1. The summed E-state index contributed by atoms with van der Waals surface area (Å²) in [5.41, 5.74) is 7.75. The normalized spacial score (nSPS) is 11.5. The minimum absolute atomic E-state index is 0.632. The van der Waals surface area contributed by atoms with Crippen LogP contribution in [0.1, 0.15) is 0 Å². The van der Waals surface area contributed by atoms with Gasteiger partial charge in [0.05, 0.1) is 15.9 Å². The lowest BCUT2D eigenvalue weighted by Crippen LogP contribution is -2.00. The van der Waals surface area contributed by atoms with Gasteiger partial charge in [-0.2, -0.15) is 0 Å². The third kappa shape index (κ3) is 5.04. The fraction of sp³-hybridized carbons (Fsp3) is 0. The Bertz CT molecular complexity index is 2860. The molecule has 51 heavy (non-hydrogen) atoms. The van der Waals surface area contributed by atoms with Crippen molar-refractivity contribution in [3.05, 3.63) is 164 Å². The van der Waals surface area contributed by atoms with Gasteiger partial charge < -0.3 is 0 Å². The van der Waals surface area contributed by atoms with E-state index >= 15 is 0 Å². The first-order valence-electron chi connectivity index (χ1n) is 16.8. The van der Waals surface area contributed by atoms with E-state index in [1.54, 1.807) is 11.3 Å². The Morgan fingerprint density at radius 1 is 0.412 bits per heavy atom. The van der Waals surface area contributed by atoms with Gasteiger partial charge in [0.1, 0.15) is 5.69 Å². The molecule has 4 aromatic heterocycles. The number of nitrogens with zero attached hydrogens (tertiary/aromatic N) is 5. The van der Waals surface area contributed by atoms with E-state index in [9.17, 15) is 0 Å². The molecule has 10 aromatic rings. The standard InChI is InChI=1S/C45H27N5S/c1-3-14-29(15-4-1)43-48-44(30-16-5-2-6-17-30)50-45(49-43)34-25-24-33(31-18-8-9-19-32(31)34)36-27-46-41(38-26-23-28-13-7-11-21-37(28)47-38)42-40(36)35-20-10-12-22-39(35)51-42/h1-27H. The second-order valence-electron chi connectivity index (χ2n) is 12.5. The highest BCUT2D eigenvalue weighted by molar-refractivity contribution is 7.26. The van der Waals surface area contributed by atoms with Crippen LogP contribution in [0.2, 0.25) is 0 Å². The van der Waals surface area contributed by atoms with Crippen LogP contribution in [0.15, 0.2) is 164 Å². The topological polar surface area (TPSA) is 64.5 Å². The van der Waals surface area contributed by atoms with E-state index in [0.29, 0.717) is 17.5 Å². The number of hydrogen-bond acceptors (Lipinski definition) is 6. The first-order chi connectivity index (χ1) is 25.3. The highest BCUT2D eigenvalue weighted by Crippen LogP contribution is 2.45. The van der Waals surface area contributed by atoms with E-state index < -0.39 is 0 Å². The van der Waals surface area contributed by atoms with Crippen molar-refractivity contribution in [3.8, 4) is 56.7 Å². The largest absolute Gasteiger partial charge is 0.252 e. The Hall–Kier alpha value is -6.63. The smallest absolute Gasteiger partial charge is 0.164 e. The summed E-state index contributed by atoms with van der Waals surface area (Å²) >= 11 is 1.77. The second-order valence-corrected chi connectivity index (χ2v) is 13.5. The molecule has 0 saturated heterocycles. The van der Waals surface area contributed by atoms with E-state index in [2.05, 4.69) is 84.9 Å². The predicted octanol–water partition coefficient (Wildman–Crippen LogP) is 11.7. The lowest BCUT2D eigenvalue weighted by Gasteiger charge is -2.14. The number of hydrogen-bond donors (Lipinski definition) is 0. The van der Waals surface area contributed by atoms with Crippen molar-refractivity contribution < 1.29 is 0 Å². The molecule has 0 aliphatic heterocycles. The average molecular weight is 670 g/mol. The summed E-state index contributed by atoms with van der Waals surface area (Å²) in [6.07, 6.45) is 2.03. The molecule has 0 aliphatic carbocycles. The quantitative estimate of drug-likeness (QED) is 0.182. The van der Waals surface area contributed by atoms with Crippen LogP contribution in [-0.4, -0.2) is 24.9 Å². The minimum atomic E-state index is 0.632. The molecular formula is C45H27N5S. The first-order valence-corrected chi connectivity index (χ1v) is 17.7.